The third-order valence-corrected chi connectivity index (χ3v) is 2.77. The average Bonchev–Trinajstić information content (AvgIpc) is 2.44. The van der Waals surface area contributed by atoms with Crippen LogP contribution in [0.25, 0.3) is 0 Å². The summed E-state index contributed by atoms with van der Waals surface area (Å²) in [6.07, 6.45) is 3.04. The second kappa shape index (κ2) is 12.9. The molecule has 3 N–H and O–H groups in total. The predicted molar refractivity (Wildman–Crippen MR) is 84.1 cm³/mol. The van der Waals surface area contributed by atoms with Crippen molar-refractivity contribution in [1.29, 1.82) is 0 Å². The van der Waals surface area contributed by atoms with Crippen LogP contribution in [0.5, 0.6) is 0 Å². The zero-order chi connectivity index (χ0) is 13.8. The van der Waals surface area contributed by atoms with E-state index in [2.05, 4.69) is 17.4 Å². The summed E-state index contributed by atoms with van der Waals surface area (Å²) in [5, 5.41) is 2.83. The highest BCUT2D eigenvalue weighted by Gasteiger charge is 2.00. The number of hydrogen-bond donors (Lipinski definition) is 2. The first-order chi connectivity index (χ1) is 9.33. The van der Waals surface area contributed by atoms with Gasteiger partial charge in [-0.1, -0.05) is 30.3 Å². The molecule has 0 heterocycles. The summed E-state index contributed by atoms with van der Waals surface area (Å²) in [4.78, 5) is 11.4. The number of amides is 1. The Labute approximate surface area is 127 Å². The molecule has 0 radical (unpaired) electrons. The minimum Gasteiger partial charge on any atom is -0.381 e. The van der Waals surface area contributed by atoms with Crippen LogP contribution in [0, 0.1) is 0 Å². The highest BCUT2D eigenvalue weighted by molar-refractivity contribution is 5.85. The molecule has 1 aromatic carbocycles. The van der Waals surface area contributed by atoms with Gasteiger partial charge in [0.25, 0.3) is 0 Å². The van der Waals surface area contributed by atoms with Crippen molar-refractivity contribution in [3.8, 4) is 0 Å². The van der Waals surface area contributed by atoms with Gasteiger partial charge in [0, 0.05) is 19.6 Å². The summed E-state index contributed by atoms with van der Waals surface area (Å²) in [6, 6.07) is 10.2. The van der Waals surface area contributed by atoms with Crippen LogP contribution in [0.2, 0.25) is 0 Å². The van der Waals surface area contributed by atoms with E-state index in [1.54, 1.807) is 0 Å². The number of halogens is 1. The molecule has 1 amide bonds. The number of benzene rings is 1. The number of ether oxygens (including phenoxy) is 1. The Kier molecular flexibility index (Phi) is 12.2. The second-order valence-corrected chi connectivity index (χ2v) is 4.44. The van der Waals surface area contributed by atoms with Gasteiger partial charge in [-0.15, -0.1) is 12.4 Å². The summed E-state index contributed by atoms with van der Waals surface area (Å²) < 4.78 is 5.51. The van der Waals surface area contributed by atoms with Crippen LogP contribution in [0.15, 0.2) is 30.3 Å². The lowest BCUT2D eigenvalue weighted by molar-refractivity contribution is -0.121. The normalized spacial score (nSPS) is 9.85. The summed E-state index contributed by atoms with van der Waals surface area (Å²) in [6.45, 7) is 2.63. The highest BCUT2D eigenvalue weighted by atomic mass is 35.5. The van der Waals surface area contributed by atoms with Gasteiger partial charge in [0.1, 0.15) is 0 Å². The predicted octanol–water partition coefficient (Wildman–Crippen LogP) is 1.91. The summed E-state index contributed by atoms with van der Waals surface area (Å²) in [7, 11) is 0. The highest BCUT2D eigenvalue weighted by Crippen LogP contribution is 2.00. The maximum atomic E-state index is 11.4. The second-order valence-electron chi connectivity index (χ2n) is 4.44. The minimum absolute atomic E-state index is 0. The first-order valence-corrected chi connectivity index (χ1v) is 6.91. The van der Waals surface area contributed by atoms with Gasteiger partial charge in [-0.25, -0.2) is 0 Å². The fourth-order valence-corrected chi connectivity index (χ4v) is 1.69. The maximum Gasteiger partial charge on any atom is 0.220 e. The summed E-state index contributed by atoms with van der Waals surface area (Å²) >= 11 is 0. The number of nitrogens with two attached hydrogens (primary N) is 1. The number of carbonyl (C=O) groups excluding carboxylic acids is 1. The number of nitrogens with one attached hydrogen (secondary N) is 1. The minimum atomic E-state index is 0. The van der Waals surface area contributed by atoms with E-state index in [-0.39, 0.29) is 18.3 Å². The molecule has 0 fully saturated rings. The van der Waals surface area contributed by atoms with E-state index in [0.717, 1.165) is 19.3 Å². The van der Waals surface area contributed by atoms with Crippen molar-refractivity contribution in [2.24, 2.45) is 5.73 Å². The van der Waals surface area contributed by atoms with Crippen LogP contribution >= 0.6 is 12.4 Å². The zero-order valence-electron chi connectivity index (χ0n) is 11.8. The molecular formula is C15H25ClN2O2. The third-order valence-electron chi connectivity index (χ3n) is 2.77. The fourth-order valence-electron chi connectivity index (χ4n) is 1.69. The topological polar surface area (TPSA) is 64.3 Å². The lowest BCUT2D eigenvalue weighted by Gasteiger charge is -2.05. The first kappa shape index (κ1) is 18.9. The SMILES string of the molecule is Cl.NCCCNC(=O)CCCOCCc1ccccc1. The van der Waals surface area contributed by atoms with E-state index in [1.165, 1.54) is 5.56 Å². The molecule has 4 nitrogen and oxygen atoms in total. The Morgan fingerprint density at radius 3 is 2.60 bits per heavy atom. The average molecular weight is 301 g/mol. The Morgan fingerprint density at radius 2 is 1.90 bits per heavy atom. The molecular weight excluding hydrogens is 276 g/mol. The number of hydrogen-bond acceptors (Lipinski definition) is 3. The van der Waals surface area contributed by atoms with E-state index in [1.807, 2.05) is 18.2 Å². The molecule has 0 unspecified atom stereocenters. The molecule has 0 aliphatic heterocycles. The molecule has 0 spiro atoms. The van der Waals surface area contributed by atoms with Crippen molar-refractivity contribution in [3.63, 3.8) is 0 Å². The fraction of sp³-hybridized carbons (Fsp3) is 0.533. The number of carbonyl (C=O) groups is 1. The Hall–Kier alpha value is -1.10. The molecule has 20 heavy (non-hydrogen) atoms. The van der Waals surface area contributed by atoms with Gasteiger partial charge in [-0.2, -0.15) is 0 Å². The quantitative estimate of drug-likeness (QED) is 0.649. The molecule has 1 rings (SSSR count). The van der Waals surface area contributed by atoms with Crippen LogP contribution in [0.3, 0.4) is 0 Å². The van der Waals surface area contributed by atoms with Crippen molar-refractivity contribution in [3.05, 3.63) is 35.9 Å². The molecule has 0 aliphatic rings. The van der Waals surface area contributed by atoms with Crippen LogP contribution in [0.1, 0.15) is 24.8 Å². The molecule has 5 heteroatoms. The molecule has 0 bridgehead atoms. The monoisotopic (exact) mass is 300 g/mol. The van der Waals surface area contributed by atoms with Crippen molar-refractivity contribution >= 4 is 18.3 Å². The smallest absolute Gasteiger partial charge is 0.220 e. The Morgan fingerprint density at radius 1 is 1.15 bits per heavy atom. The molecule has 0 aromatic heterocycles. The summed E-state index contributed by atoms with van der Waals surface area (Å²) in [5.74, 6) is 0.0834. The van der Waals surface area contributed by atoms with Crippen LogP contribution < -0.4 is 11.1 Å². The molecule has 0 saturated carbocycles. The largest absolute Gasteiger partial charge is 0.381 e. The lowest BCUT2D eigenvalue weighted by Crippen LogP contribution is -2.25. The van der Waals surface area contributed by atoms with Crippen molar-refractivity contribution in [2.75, 3.05) is 26.3 Å². The Balaban J connectivity index is 0.00000361. The van der Waals surface area contributed by atoms with Crippen LogP contribution in [-0.4, -0.2) is 32.2 Å². The van der Waals surface area contributed by atoms with Crippen LogP contribution in [0.4, 0.5) is 0 Å². The van der Waals surface area contributed by atoms with E-state index >= 15 is 0 Å². The summed E-state index contributed by atoms with van der Waals surface area (Å²) in [5.41, 5.74) is 6.63. The molecule has 114 valence electrons. The van der Waals surface area contributed by atoms with E-state index < -0.39 is 0 Å². The van der Waals surface area contributed by atoms with E-state index in [4.69, 9.17) is 10.5 Å². The van der Waals surface area contributed by atoms with Crippen molar-refractivity contribution < 1.29 is 9.53 Å². The maximum absolute atomic E-state index is 11.4. The zero-order valence-corrected chi connectivity index (χ0v) is 12.7. The Bertz CT molecular complexity index is 347. The van der Waals surface area contributed by atoms with Gasteiger partial charge in [0.05, 0.1) is 6.61 Å². The van der Waals surface area contributed by atoms with Gasteiger partial charge in [0.15, 0.2) is 0 Å². The van der Waals surface area contributed by atoms with E-state index in [0.29, 0.717) is 32.7 Å². The standard InChI is InChI=1S/C15H24N2O2.ClH/c16-10-5-11-17-15(18)8-4-12-19-13-9-14-6-2-1-3-7-14;/h1-3,6-7H,4-5,8-13,16H2,(H,17,18);1H. The molecule has 0 saturated heterocycles. The molecule has 1 aromatic rings. The van der Waals surface area contributed by atoms with Gasteiger partial charge >= 0.3 is 0 Å². The molecule has 0 aliphatic carbocycles. The first-order valence-electron chi connectivity index (χ1n) is 6.91. The third kappa shape index (κ3) is 9.78. The van der Waals surface area contributed by atoms with Gasteiger partial charge in [-0.05, 0) is 31.4 Å². The van der Waals surface area contributed by atoms with E-state index in [9.17, 15) is 4.79 Å². The lowest BCUT2D eigenvalue weighted by atomic mass is 10.2. The molecule has 0 atom stereocenters. The van der Waals surface area contributed by atoms with Crippen molar-refractivity contribution in [2.45, 2.75) is 25.7 Å². The van der Waals surface area contributed by atoms with Gasteiger partial charge in [0.2, 0.25) is 5.91 Å². The van der Waals surface area contributed by atoms with Crippen molar-refractivity contribution in [1.82, 2.24) is 5.32 Å². The van der Waals surface area contributed by atoms with Crippen LogP contribution in [-0.2, 0) is 16.0 Å². The number of rotatable bonds is 10. The van der Waals surface area contributed by atoms with Gasteiger partial charge < -0.3 is 15.8 Å². The van der Waals surface area contributed by atoms with Gasteiger partial charge in [-0.3, -0.25) is 4.79 Å².